The highest BCUT2D eigenvalue weighted by atomic mass is 19.4. The molecule has 3 fully saturated rings. The van der Waals surface area contributed by atoms with Gasteiger partial charge in [0.2, 0.25) is 11.8 Å². The van der Waals surface area contributed by atoms with Crippen LogP contribution in [0.2, 0.25) is 0 Å². The maximum Gasteiger partial charge on any atom is 0.573 e. The fraction of sp³-hybridized carbons (Fsp3) is 0.545. The van der Waals surface area contributed by atoms with Gasteiger partial charge < -0.3 is 30.2 Å². The first kappa shape index (κ1) is 23.8. The summed E-state index contributed by atoms with van der Waals surface area (Å²) in [4.78, 5) is 50.6. The highest BCUT2D eigenvalue weighted by Gasteiger charge is 2.71. The van der Waals surface area contributed by atoms with Crippen molar-refractivity contribution in [2.75, 3.05) is 19.7 Å². The van der Waals surface area contributed by atoms with Gasteiger partial charge in [0.25, 0.3) is 5.91 Å². The number of ether oxygens (including phenoxy) is 2. The number of piperidine rings is 1. The van der Waals surface area contributed by atoms with Crippen LogP contribution in [-0.4, -0.2) is 61.0 Å². The molecule has 1 saturated carbocycles. The van der Waals surface area contributed by atoms with E-state index in [1.807, 2.05) is 0 Å². The zero-order valence-corrected chi connectivity index (χ0v) is 18.0. The fourth-order valence-corrected chi connectivity index (χ4v) is 5.44. The van der Waals surface area contributed by atoms with Gasteiger partial charge in [0.15, 0.2) is 6.61 Å². The van der Waals surface area contributed by atoms with E-state index in [1.54, 1.807) is 0 Å². The zero-order valence-electron chi connectivity index (χ0n) is 18.0. The van der Waals surface area contributed by atoms with Gasteiger partial charge in [-0.2, -0.15) is 0 Å². The topological polar surface area (TPSA) is 128 Å². The van der Waals surface area contributed by atoms with Crippen molar-refractivity contribution in [3.05, 3.63) is 24.3 Å². The van der Waals surface area contributed by atoms with Crippen molar-refractivity contribution in [1.82, 2.24) is 10.2 Å². The number of benzene rings is 1. The van der Waals surface area contributed by atoms with Crippen LogP contribution in [0.15, 0.2) is 24.3 Å². The molecule has 1 aromatic carbocycles. The minimum atomic E-state index is -4.82. The van der Waals surface area contributed by atoms with E-state index < -0.39 is 47.9 Å². The Morgan fingerprint density at radius 1 is 1.26 bits per heavy atom. The lowest BCUT2D eigenvalue weighted by Crippen LogP contribution is -2.52. The van der Waals surface area contributed by atoms with Crippen molar-refractivity contribution < 1.29 is 41.8 Å². The molecule has 2 aliphatic heterocycles. The van der Waals surface area contributed by atoms with E-state index in [4.69, 9.17) is 10.5 Å². The van der Waals surface area contributed by atoms with E-state index in [0.717, 1.165) is 18.4 Å². The number of fused-ring (bicyclic) bond motifs is 1. The molecule has 0 aromatic heterocycles. The SMILES string of the molecule is NC(=O)C1N(C(=O)COc2ccc(OC(F)(F)F)cc2)CC2CC21[C@@H](C=O)C[C@H]1CCNC1=O. The number of alkyl halides is 3. The minimum absolute atomic E-state index is 0.0904. The van der Waals surface area contributed by atoms with Crippen LogP contribution in [0, 0.1) is 23.2 Å². The van der Waals surface area contributed by atoms with E-state index in [1.165, 1.54) is 17.0 Å². The standard InChI is InChI=1S/C22H24F3N3O6/c23-22(24,25)34-16-3-1-15(2-4-16)33-11-17(30)28-9-14-8-21(14,18(28)19(26)31)13(10-29)7-12-5-6-27-20(12)32/h1-4,10,12-14,18H,5-9,11H2,(H2,26,31)(H,27,32)/t12-,13-,14?,18?,21?/m1/s1. The Labute approximate surface area is 192 Å². The molecule has 4 rings (SSSR count). The number of hydrogen-bond donors (Lipinski definition) is 2. The Balaban J connectivity index is 1.41. The number of carbonyl (C=O) groups excluding carboxylic acids is 4. The Hall–Kier alpha value is -3.31. The number of aldehydes is 1. The quantitative estimate of drug-likeness (QED) is 0.505. The van der Waals surface area contributed by atoms with Crippen molar-refractivity contribution in [3.8, 4) is 11.5 Å². The van der Waals surface area contributed by atoms with E-state index >= 15 is 0 Å². The first-order chi connectivity index (χ1) is 16.0. The van der Waals surface area contributed by atoms with E-state index in [9.17, 15) is 32.3 Å². The molecule has 12 heteroatoms. The number of likely N-dealkylation sites (tertiary alicyclic amines) is 1. The van der Waals surface area contributed by atoms with Crippen molar-refractivity contribution in [2.45, 2.75) is 31.7 Å². The molecule has 2 heterocycles. The van der Waals surface area contributed by atoms with Gasteiger partial charge >= 0.3 is 6.36 Å². The van der Waals surface area contributed by atoms with Gasteiger partial charge in [0.1, 0.15) is 23.8 Å². The van der Waals surface area contributed by atoms with Crippen LogP contribution >= 0.6 is 0 Å². The highest BCUT2D eigenvalue weighted by Crippen LogP contribution is 2.66. The maximum atomic E-state index is 12.9. The summed E-state index contributed by atoms with van der Waals surface area (Å²) < 4.78 is 46.0. The number of primary amides is 1. The Kier molecular flexibility index (Phi) is 6.17. The van der Waals surface area contributed by atoms with E-state index in [-0.39, 0.29) is 30.0 Å². The molecular formula is C22H24F3N3O6. The number of halogens is 3. The summed E-state index contributed by atoms with van der Waals surface area (Å²) in [5.74, 6) is -2.69. The summed E-state index contributed by atoms with van der Waals surface area (Å²) in [6.07, 6.45) is -2.61. The number of amides is 3. The van der Waals surface area contributed by atoms with Crippen LogP contribution in [0.4, 0.5) is 13.2 Å². The van der Waals surface area contributed by atoms with E-state index in [0.29, 0.717) is 25.8 Å². The van der Waals surface area contributed by atoms with Gasteiger partial charge in [0, 0.05) is 30.3 Å². The molecule has 9 nitrogen and oxygen atoms in total. The van der Waals surface area contributed by atoms with Crippen molar-refractivity contribution in [1.29, 1.82) is 0 Å². The number of carbonyl (C=O) groups is 4. The second kappa shape index (κ2) is 8.80. The van der Waals surface area contributed by atoms with Gasteiger partial charge in [0.05, 0.1) is 0 Å². The minimum Gasteiger partial charge on any atom is -0.484 e. The predicted molar refractivity (Wildman–Crippen MR) is 109 cm³/mol. The third kappa shape index (κ3) is 4.53. The van der Waals surface area contributed by atoms with Crippen LogP contribution in [0.25, 0.3) is 0 Å². The fourth-order valence-electron chi connectivity index (χ4n) is 5.44. The molecule has 0 bridgehead atoms. The van der Waals surface area contributed by atoms with Crippen molar-refractivity contribution >= 4 is 24.0 Å². The summed E-state index contributed by atoms with van der Waals surface area (Å²) in [6.45, 7) is 0.300. The maximum absolute atomic E-state index is 12.9. The van der Waals surface area contributed by atoms with Crippen LogP contribution < -0.4 is 20.5 Å². The lowest BCUT2D eigenvalue weighted by Gasteiger charge is -2.33. The molecule has 3 amide bonds. The second-order valence-corrected chi connectivity index (χ2v) is 8.93. The predicted octanol–water partition coefficient (Wildman–Crippen LogP) is 1.01. The molecule has 1 aromatic rings. The molecule has 0 radical (unpaired) electrons. The smallest absolute Gasteiger partial charge is 0.484 e. The molecular weight excluding hydrogens is 459 g/mol. The number of nitrogens with one attached hydrogen (secondary N) is 1. The number of rotatable bonds is 9. The second-order valence-electron chi connectivity index (χ2n) is 8.93. The Bertz CT molecular complexity index is 985. The lowest BCUT2D eigenvalue weighted by molar-refractivity contribution is -0.274. The Morgan fingerprint density at radius 2 is 1.94 bits per heavy atom. The average molecular weight is 483 g/mol. The summed E-state index contributed by atoms with van der Waals surface area (Å²) in [7, 11) is 0. The summed E-state index contributed by atoms with van der Waals surface area (Å²) >= 11 is 0. The third-order valence-electron chi connectivity index (χ3n) is 7.00. The molecule has 3 aliphatic rings. The largest absolute Gasteiger partial charge is 0.573 e. The van der Waals surface area contributed by atoms with Gasteiger partial charge in [-0.3, -0.25) is 14.4 Å². The van der Waals surface area contributed by atoms with E-state index in [2.05, 4.69) is 10.1 Å². The molecule has 0 spiro atoms. The highest BCUT2D eigenvalue weighted by molar-refractivity contribution is 5.90. The lowest BCUT2D eigenvalue weighted by atomic mass is 9.77. The van der Waals surface area contributed by atoms with Crippen LogP contribution in [0.1, 0.15) is 19.3 Å². The van der Waals surface area contributed by atoms with Gasteiger partial charge in [-0.15, -0.1) is 13.2 Å². The molecule has 2 saturated heterocycles. The molecule has 3 N–H and O–H groups in total. The summed E-state index contributed by atoms with van der Waals surface area (Å²) in [5.41, 5.74) is 4.87. The number of hydrogen-bond acceptors (Lipinski definition) is 6. The van der Waals surface area contributed by atoms with Crippen LogP contribution in [-0.2, 0) is 19.2 Å². The normalized spacial score (nSPS) is 28.6. The summed E-state index contributed by atoms with van der Waals surface area (Å²) in [5, 5.41) is 2.73. The zero-order chi connectivity index (χ0) is 24.7. The third-order valence-corrected chi connectivity index (χ3v) is 7.00. The summed E-state index contributed by atoms with van der Waals surface area (Å²) in [6, 6.07) is 3.53. The van der Waals surface area contributed by atoms with Gasteiger partial charge in [-0.05, 0) is 49.4 Å². The van der Waals surface area contributed by atoms with Gasteiger partial charge in [-0.1, -0.05) is 0 Å². The first-order valence-electron chi connectivity index (χ1n) is 10.9. The first-order valence-corrected chi connectivity index (χ1v) is 10.9. The Morgan fingerprint density at radius 3 is 2.50 bits per heavy atom. The average Bonchev–Trinajstić information content (AvgIpc) is 3.15. The number of nitrogens with two attached hydrogens (primary N) is 1. The van der Waals surface area contributed by atoms with Crippen molar-refractivity contribution in [2.24, 2.45) is 28.9 Å². The molecule has 5 atom stereocenters. The molecule has 1 aliphatic carbocycles. The molecule has 184 valence electrons. The monoisotopic (exact) mass is 483 g/mol. The van der Waals surface area contributed by atoms with Crippen LogP contribution in [0.3, 0.4) is 0 Å². The van der Waals surface area contributed by atoms with Crippen LogP contribution in [0.5, 0.6) is 11.5 Å². The molecule has 3 unspecified atom stereocenters. The van der Waals surface area contributed by atoms with Crippen molar-refractivity contribution in [3.63, 3.8) is 0 Å². The number of nitrogens with zero attached hydrogens (tertiary/aromatic N) is 1. The molecule has 34 heavy (non-hydrogen) atoms. The van der Waals surface area contributed by atoms with Gasteiger partial charge in [-0.25, -0.2) is 0 Å².